The average Bonchev–Trinajstić information content (AvgIpc) is 2.34. The summed E-state index contributed by atoms with van der Waals surface area (Å²) in [7, 11) is 1.62. The molecule has 0 saturated heterocycles. The van der Waals surface area contributed by atoms with Crippen LogP contribution in [-0.2, 0) is 0 Å². The Morgan fingerprint density at radius 3 is 2.67 bits per heavy atom. The van der Waals surface area contributed by atoms with E-state index >= 15 is 0 Å². The van der Waals surface area contributed by atoms with Gasteiger partial charge in [-0.15, -0.1) is 0 Å². The van der Waals surface area contributed by atoms with Crippen molar-refractivity contribution in [3.8, 4) is 11.8 Å². The average molecular weight is 247 g/mol. The van der Waals surface area contributed by atoms with Gasteiger partial charge in [0.25, 0.3) is 0 Å². The van der Waals surface area contributed by atoms with Crippen LogP contribution in [0.1, 0.15) is 20.3 Å². The van der Waals surface area contributed by atoms with Gasteiger partial charge < -0.3 is 15.4 Å². The molecule has 0 radical (unpaired) electrons. The monoisotopic (exact) mass is 247 g/mol. The van der Waals surface area contributed by atoms with Crippen molar-refractivity contribution in [2.45, 2.75) is 20.3 Å². The van der Waals surface area contributed by atoms with Crippen LogP contribution in [0.25, 0.3) is 0 Å². The van der Waals surface area contributed by atoms with Crippen molar-refractivity contribution in [3.05, 3.63) is 18.2 Å². The predicted molar refractivity (Wildman–Crippen MR) is 74.7 cm³/mol. The van der Waals surface area contributed by atoms with E-state index in [4.69, 9.17) is 15.7 Å². The lowest BCUT2D eigenvalue weighted by molar-refractivity contribution is 0.415. The molecule has 98 valence electrons. The van der Waals surface area contributed by atoms with Gasteiger partial charge >= 0.3 is 0 Å². The van der Waals surface area contributed by atoms with Crippen LogP contribution in [0.4, 0.5) is 11.4 Å². The van der Waals surface area contributed by atoms with Gasteiger partial charge in [0.1, 0.15) is 5.75 Å². The molecule has 0 heterocycles. The quantitative estimate of drug-likeness (QED) is 0.785. The van der Waals surface area contributed by atoms with Crippen LogP contribution in [0.5, 0.6) is 5.75 Å². The molecule has 4 heteroatoms. The number of benzene rings is 1. The Hall–Kier alpha value is -1.89. The number of nitrogens with zero attached hydrogens (tertiary/aromatic N) is 2. The van der Waals surface area contributed by atoms with E-state index in [1.165, 1.54) is 0 Å². The van der Waals surface area contributed by atoms with E-state index in [-0.39, 0.29) is 0 Å². The molecule has 18 heavy (non-hydrogen) atoms. The molecule has 1 aromatic rings. The van der Waals surface area contributed by atoms with E-state index in [0.29, 0.717) is 24.6 Å². The van der Waals surface area contributed by atoms with E-state index in [1.807, 2.05) is 18.2 Å². The second-order valence-corrected chi connectivity index (χ2v) is 4.67. The van der Waals surface area contributed by atoms with Crippen LogP contribution in [0.2, 0.25) is 0 Å². The molecule has 0 unspecified atom stereocenters. The van der Waals surface area contributed by atoms with Gasteiger partial charge in [0.05, 0.1) is 31.0 Å². The maximum atomic E-state index is 8.72. The zero-order chi connectivity index (χ0) is 13.5. The number of nitrogens with two attached hydrogens (primary N) is 1. The molecular formula is C14H21N3O. The molecule has 0 aliphatic rings. The molecular weight excluding hydrogens is 226 g/mol. The minimum Gasteiger partial charge on any atom is -0.497 e. The topological polar surface area (TPSA) is 62.3 Å². The molecule has 4 nitrogen and oxygen atoms in total. The first-order valence-electron chi connectivity index (χ1n) is 6.14. The van der Waals surface area contributed by atoms with Crippen LogP contribution in [-0.4, -0.2) is 20.2 Å². The van der Waals surface area contributed by atoms with Gasteiger partial charge in [0.15, 0.2) is 0 Å². The van der Waals surface area contributed by atoms with Crippen LogP contribution >= 0.6 is 0 Å². The number of rotatable bonds is 6. The van der Waals surface area contributed by atoms with Crippen molar-refractivity contribution in [1.82, 2.24) is 0 Å². The maximum absolute atomic E-state index is 8.72. The third-order valence-corrected chi connectivity index (χ3v) is 2.65. The Kier molecular flexibility index (Phi) is 5.31. The molecule has 0 atom stereocenters. The summed E-state index contributed by atoms with van der Waals surface area (Å²) >= 11 is 0. The molecule has 0 spiro atoms. The number of ether oxygens (including phenoxy) is 1. The smallest absolute Gasteiger partial charge is 0.121 e. The standard InChI is InChI=1S/C14H21N3O/c1-11(2)10-17(8-4-7-15)14-6-5-12(18-3)9-13(14)16/h5-6,9,11H,4,8,10,16H2,1-3H3. The second kappa shape index (κ2) is 6.75. The summed E-state index contributed by atoms with van der Waals surface area (Å²) in [6, 6.07) is 7.84. The molecule has 0 bridgehead atoms. The van der Waals surface area contributed by atoms with Crippen molar-refractivity contribution in [2.24, 2.45) is 5.92 Å². The van der Waals surface area contributed by atoms with Crippen molar-refractivity contribution >= 4 is 11.4 Å². The Balaban J connectivity index is 2.93. The summed E-state index contributed by atoms with van der Waals surface area (Å²) in [5.74, 6) is 1.27. The van der Waals surface area contributed by atoms with Crippen molar-refractivity contribution < 1.29 is 4.74 Å². The van der Waals surface area contributed by atoms with E-state index in [1.54, 1.807) is 7.11 Å². The molecule has 0 amide bonds. The number of hydrogen-bond acceptors (Lipinski definition) is 4. The minimum absolute atomic E-state index is 0.498. The fourth-order valence-electron chi connectivity index (χ4n) is 1.88. The molecule has 1 rings (SSSR count). The van der Waals surface area contributed by atoms with E-state index in [9.17, 15) is 0 Å². The number of methoxy groups -OCH3 is 1. The second-order valence-electron chi connectivity index (χ2n) is 4.67. The summed E-state index contributed by atoms with van der Waals surface area (Å²) in [5, 5.41) is 8.72. The van der Waals surface area contributed by atoms with Gasteiger partial charge in [-0.1, -0.05) is 13.8 Å². The molecule has 0 aliphatic heterocycles. The first kappa shape index (κ1) is 14.2. The van der Waals surface area contributed by atoms with Gasteiger partial charge in [0.2, 0.25) is 0 Å². The van der Waals surface area contributed by atoms with Gasteiger partial charge in [0, 0.05) is 19.2 Å². The fraction of sp³-hybridized carbons (Fsp3) is 0.500. The first-order valence-corrected chi connectivity index (χ1v) is 6.14. The Labute approximate surface area is 109 Å². The van der Waals surface area contributed by atoms with Crippen LogP contribution in [0.15, 0.2) is 18.2 Å². The largest absolute Gasteiger partial charge is 0.497 e. The highest BCUT2D eigenvalue weighted by Gasteiger charge is 2.12. The SMILES string of the molecule is COc1ccc(N(CCC#N)CC(C)C)c(N)c1. The summed E-state index contributed by atoms with van der Waals surface area (Å²) < 4.78 is 5.14. The van der Waals surface area contributed by atoms with Crippen LogP contribution in [0.3, 0.4) is 0 Å². The molecule has 0 fully saturated rings. The molecule has 1 aromatic carbocycles. The Bertz CT molecular complexity index is 424. The Morgan fingerprint density at radius 1 is 1.44 bits per heavy atom. The maximum Gasteiger partial charge on any atom is 0.121 e. The number of nitrogen functional groups attached to an aromatic ring is 1. The third kappa shape index (κ3) is 3.85. The van der Waals surface area contributed by atoms with Gasteiger partial charge in [-0.25, -0.2) is 0 Å². The predicted octanol–water partition coefficient (Wildman–Crippen LogP) is 2.65. The number of nitriles is 1. The highest BCUT2D eigenvalue weighted by atomic mass is 16.5. The number of hydrogen-bond donors (Lipinski definition) is 1. The van der Waals surface area contributed by atoms with E-state index in [0.717, 1.165) is 18.0 Å². The summed E-state index contributed by atoms with van der Waals surface area (Å²) in [6.45, 7) is 5.89. The molecule has 0 aliphatic carbocycles. The highest BCUT2D eigenvalue weighted by molar-refractivity contribution is 5.69. The van der Waals surface area contributed by atoms with Gasteiger partial charge in [-0.3, -0.25) is 0 Å². The van der Waals surface area contributed by atoms with Crippen molar-refractivity contribution in [1.29, 1.82) is 5.26 Å². The first-order chi connectivity index (χ1) is 8.58. The third-order valence-electron chi connectivity index (χ3n) is 2.65. The summed E-state index contributed by atoms with van der Waals surface area (Å²) in [5.41, 5.74) is 7.70. The van der Waals surface area contributed by atoms with Crippen LogP contribution < -0.4 is 15.4 Å². The van der Waals surface area contributed by atoms with E-state index < -0.39 is 0 Å². The van der Waals surface area contributed by atoms with Gasteiger partial charge in [-0.2, -0.15) is 5.26 Å². The summed E-state index contributed by atoms with van der Waals surface area (Å²) in [6.07, 6.45) is 0.498. The summed E-state index contributed by atoms with van der Waals surface area (Å²) in [4.78, 5) is 2.16. The van der Waals surface area contributed by atoms with Crippen molar-refractivity contribution in [2.75, 3.05) is 30.8 Å². The zero-order valence-corrected chi connectivity index (χ0v) is 11.3. The molecule has 0 aromatic heterocycles. The van der Waals surface area contributed by atoms with Crippen LogP contribution in [0, 0.1) is 17.2 Å². The highest BCUT2D eigenvalue weighted by Crippen LogP contribution is 2.28. The normalized spacial score (nSPS) is 10.2. The zero-order valence-electron chi connectivity index (χ0n) is 11.3. The lowest BCUT2D eigenvalue weighted by Crippen LogP contribution is -2.29. The molecule has 0 saturated carbocycles. The lowest BCUT2D eigenvalue weighted by Gasteiger charge is -2.27. The Morgan fingerprint density at radius 2 is 2.17 bits per heavy atom. The van der Waals surface area contributed by atoms with Gasteiger partial charge in [-0.05, 0) is 18.1 Å². The minimum atomic E-state index is 0.498. The molecule has 2 N–H and O–H groups in total. The van der Waals surface area contributed by atoms with E-state index in [2.05, 4.69) is 24.8 Å². The van der Waals surface area contributed by atoms with Crippen molar-refractivity contribution in [3.63, 3.8) is 0 Å². The fourth-order valence-corrected chi connectivity index (χ4v) is 1.88. The lowest BCUT2D eigenvalue weighted by atomic mass is 10.1. The number of anilines is 2.